The molecule has 0 saturated carbocycles. The zero-order valence-corrected chi connectivity index (χ0v) is 18.4. The van der Waals surface area contributed by atoms with Gasteiger partial charge in [-0.15, -0.1) is 0 Å². The van der Waals surface area contributed by atoms with E-state index in [1.54, 1.807) is 23.0 Å². The fraction of sp³-hybridized carbons (Fsp3) is 0.261. The van der Waals surface area contributed by atoms with Crippen LogP contribution in [0.15, 0.2) is 67.3 Å². The average molecular weight is 473 g/mol. The third kappa shape index (κ3) is 4.52. The topological polar surface area (TPSA) is 83.2 Å². The van der Waals surface area contributed by atoms with Crippen molar-refractivity contribution in [3.05, 3.63) is 72.8 Å². The minimum absolute atomic E-state index is 0.0313. The first-order valence-electron chi connectivity index (χ1n) is 10.4. The van der Waals surface area contributed by atoms with Crippen LogP contribution in [0.5, 0.6) is 0 Å². The molecule has 34 heavy (non-hydrogen) atoms. The number of imidazole rings is 1. The Kier molecular flexibility index (Phi) is 6.40. The van der Waals surface area contributed by atoms with Gasteiger partial charge in [0.25, 0.3) is 5.91 Å². The predicted molar refractivity (Wildman–Crippen MR) is 117 cm³/mol. The molecular weight excluding hydrogens is 451 g/mol. The van der Waals surface area contributed by atoms with Gasteiger partial charge in [0.1, 0.15) is 6.73 Å². The molecular formula is C23H22F3N5O3. The number of halogens is 3. The number of fused-ring (bicyclic) bond motifs is 1. The number of methoxy groups -OCH3 is 1. The number of benzene rings is 2. The smallest absolute Gasteiger partial charge is 0.329 e. The van der Waals surface area contributed by atoms with Crippen LogP contribution in [0, 0.1) is 0 Å². The second-order valence-electron chi connectivity index (χ2n) is 7.41. The monoisotopic (exact) mass is 473 g/mol. The molecule has 1 unspecified atom stereocenters. The number of aryl methyl sites for hydroxylation is 1. The largest absolute Gasteiger partial charge is 0.465 e. The normalized spacial score (nSPS) is 13.7. The first-order valence-corrected chi connectivity index (χ1v) is 10.4. The van der Waals surface area contributed by atoms with E-state index in [0.29, 0.717) is 11.0 Å². The second-order valence-corrected chi connectivity index (χ2v) is 7.41. The van der Waals surface area contributed by atoms with Gasteiger partial charge in [-0.25, -0.2) is 4.98 Å². The molecule has 1 atom stereocenters. The Morgan fingerprint density at radius 1 is 1.12 bits per heavy atom. The lowest BCUT2D eigenvalue weighted by Crippen LogP contribution is -2.62. The summed E-state index contributed by atoms with van der Waals surface area (Å²) in [6, 6.07) is 12.9. The minimum atomic E-state index is -5.06. The fourth-order valence-electron chi connectivity index (χ4n) is 3.42. The van der Waals surface area contributed by atoms with Crippen molar-refractivity contribution >= 4 is 16.9 Å². The molecule has 8 nitrogen and oxygen atoms in total. The molecule has 2 heterocycles. The van der Waals surface area contributed by atoms with Gasteiger partial charge in [-0.2, -0.15) is 18.3 Å². The number of ether oxygens (including phenoxy) is 2. The summed E-state index contributed by atoms with van der Waals surface area (Å²) in [4.78, 5) is 16.7. The standard InChI is InChI=1S/C23H22F3N5O3/c1-3-31-13-18(12-28-31)17-9-10-20-19(11-17)27-14-30(20)15-34-23(33-2,22(24,25)26)29-21(32)16-7-5-4-6-8-16/h4-14H,3,15H2,1-2H3,(H,29,32). The molecule has 0 aliphatic rings. The van der Waals surface area contributed by atoms with Gasteiger partial charge in [-0.1, -0.05) is 24.3 Å². The molecule has 4 aromatic rings. The number of hydrogen-bond donors (Lipinski definition) is 1. The van der Waals surface area contributed by atoms with E-state index in [4.69, 9.17) is 4.74 Å². The molecule has 0 saturated heterocycles. The van der Waals surface area contributed by atoms with E-state index in [0.717, 1.165) is 24.8 Å². The first-order chi connectivity index (χ1) is 16.3. The van der Waals surface area contributed by atoms with Gasteiger partial charge in [-0.3, -0.25) is 14.8 Å². The highest BCUT2D eigenvalue weighted by molar-refractivity contribution is 5.94. The molecule has 2 aromatic carbocycles. The lowest BCUT2D eigenvalue weighted by atomic mass is 10.1. The molecule has 4 rings (SSSR count). The van der Waals surface area contributed by atoms with Crippen LogP contribution in [0.2, 0.25) is 0 Å². The van der Waals surface area contributed by atoms with Crippen molar-refractivity contribution in [2.45, 2.75) is 32.3 Å². The molecule has 0 fully saturated rings. The highest BCUT2D eigenvalue weighted by atomic mass is 19.4. The number of carbonyl (C=O) groups excluding carboxylic acids is 1. The van der Waals surface area contributed by atoms with E-state index in [9.17, 15) is 18.0 Å². The van der Waals surface area contributed by atoms with Gasteiger partial charge < -0.3 is 14.0 Å². The molecule has 178 valence electrons. The third-order valence-corrected chi connectivity index (χ3v) is 5.29. The van der Waals surface area contributed by atoms with Crippen molar-refractivity contribution in [2.75, 3.05) is 7.11 Å². The van der Waals surface area contributed by atoms with Crippen molar-refractivity contribution in [3.8, 4) is 11.1 Å². The summed E-state index contributed by atoms with van der Waals surface area (Å²) in [5.41, 5.74) is 2.91. The maximum atomic E-state index is 14.0. The minimum Gasteiger partial charge on any atom is -0.329 e. The Labute approximate surface area is 192 Å². The SMILES string of the molecule is CCn1cc(-c2ccc3c(c2)ncn3COC(NC(=O)c2ccccc2)(OC)C(F)(F)F)cn1. The third-order valence-electron chi connectivity index (χ3n) is 5.29. The molecule has 2 aromatic heterocycles. The van der Waals surface area contributed by atoms with Crippen molar-refractivity contribution in [1.29, 1.82) is 0 Å². The summed E-state index contributed by atoms with van der Waals surface area (Å²) in [5, 5.41) is 6.08. The number of carbonyl (C=O) groups is 1. The van der Waals surface area contributed by atoms with Gasteiger partial charge in [0, 0.05) is 31.0 Å². The van der Waals surface area contributed by atoms with Gasteiger partial charge in [0.15, 0.2) is 0 Å². The Morgan fingerprint density at radius 3 is 2.53 bits per heavy atom. The van der Waals surface area contributed by atoms with E-state index in [-0.39, 0.29) is 5.56 Å². The summed E-state index contributed by atoms with van der Waals surface area (Å²) >= 11 is 0. The summed E-state index contributed by atoms with van der Waals surface area (Å²) in [5.74, 6) is -4.35. The lowest BCUT2D eigenvalue weighted by molar-refractivity contribution is -0.390. The summed E-state index contributed by atoms with van der Waals surface area (Å²) < 4.78 is 54.9. The molecule has 0 radical (unpaired) electrons. The number of alkyl halides is 3. The molecule has 1 N–H and O–H groups in total. The van der Waals surface area contributed by atoms with Gasteiger partial charge in [0.2, 0.25) is 0 Å². The highest BCUT2D eigenvalue weighted by Gasteiger charge is 2.59. The molecule has 11 heteroatoms. The van der Waals surface area contributed by atoms with Crippen molar-refractivity contribution in [3.63, 3.8) is 0 Å². The second kappa shape index (κ2) is 9.27. The van der Waals surface area contributed by atoms with Crippen molar-refractivity contribution in [2.24, 2.45) is 0 Å². The van der Waals surface area contributed by atoms with Crippen LogP contribution < -0.4 is 5.32 Å². The Balaban J connectivity index is 1.57. The summed E-state index contributed by atoms with van der Waals surface area (Å²) in [7, 11) is 0.813. The zero-order valence-electron chi connectivity index (χ0n) is 18.4. The summed E-state index contributed by atoms with van der Waals surface area (Å²) in [6.07, 6.45) is -0.0711. The number of nitrogens with one attached hydrogen (secondary N) is 1. The van der Waals surface area contributed by atoms with Crippen LogP contribution in [-0.2, 0) is 22.7 Å². The van der Waals surface area contributed by atoms with Crippen LogP contribution in [0.4, 0.5) is 13.2 Å². The van der Waals surface area contributed by atoms with E-state index in [2.05, 4.69) is 14.8 Å². The van der Waals surface area contributed by atoms with E-state index >= 15 is 0 Å². The molecule has 0 aliphatic carbocycles. The maximum Gasteiger partial charge on any atom is 0.465 e. The fourth-order valence-corrected chi connectivity index (χ4v) is 3.42. The van der Waals surface area contributed by atoms with E-state index < -0.39 is 24.7 Å². The summed E-state index contributed by atoms with van der Waals surface area (Å²) in [6.45, 7) is 2.13. The number of rotatable bonds is 8. The highest BCUT2D eigenvalue weighted by Crippen LogP contribution is 2.33. The molecule has 0 spiro atoms. The maximum absolute atomic E-state index is 14.0. The molecule has 0 aliphatic heterocycles. The van der Waals surface area contributed by atoms with Crippen LogP contribution in [0.3, 0.4) is 0 Å². The van der Waals surface area contributed by atoms with Gasteiger partial charge in [-0.05, 0) is 36.8 Å². The predicted octanol–water partition coefficient (Wildman–Crippen LogP) is 4.19. The quantitative estimate of drug-likeness (QED) is 0.388. The van der Waals surface area contributed by atoms with Crippen LogP contribution in [-0.4, -0.2) is 44.4 Å². The van der Waals surface area contributed by atoms with Gasteiger partial charge >= 0.3 is 12.1 Å². The van der Waals surface area contributed by atoms with E-state index in [1.165, 1.54) is 35.2 Å². The van der Waals surface area contributed by atoms with Crippen molar-refractivity contribution in [1.82, 2.24) is 24.6 Å². The first kappa shape index (κ1) is 23.5. The zero-order chi connectivity index (χ0) is 24.3. The average Bonchev–Trinajstić information content (AvgIpc) is 3.48. The Bertz CT molecular complexity index is 1290. The number of aromatic nitrogens is 4. The number of hydrogen-bond acceptors (Lipinski definition) is 5. The Hall–Kier alpha value is -3.70. The van der Waals surface area contributed by atoms with Crippen LogP contribution in [0.25, 0.3) is 22.2 Å². The molecule has 1 amide bonds. The van der Waals surface area contributed by atoms with Crippen LogP contribution >= 0.6 is 0 Å². The number of amides is 1. The van der Waals surface area contributed by atoms with Crippen LogP contribution in [0.1, 0.15) is 17.3 Å². The lowest BCUT2D eigenvalue weighted by Gasteiger charge is -2.34. The van der Waals surface area contributed by atoms with Gasteiger partial charge in [0.05, 0.1) is 23.6 Å². The van der Waals surface area contributed by atoms with Crippen molar-refractivity contribution < 1.29 is 27.4 Å². The Morgan fingerprint density at radius 2 is 1.88 bits per heavy atom. The molecule has 0 bridgehead atoms. The van der Waals surface area contributed by atoms with E-state index in [1.807, 2.05) is 30.6 Å². The number of nitrogens with zero attached hydrogens (tertiary/aromatic N) is 4.